The largest absolute Gasteiger partial charge is 0.465 e. The van der Waals surface area contributed by atoms with Crippen LogP contribution in [0.4, 0.5) is 5.95 Å². The molecule has 0 radical (unpaired) electrons. The predicted octanol–water partition coefficient (Wildman–Crippen LogP) is 4.72. The second-order valence-corrected chi connectivity index (χ2v) is 9.57. The number of fused-ring (bicyclic) bond motifs is 1. The van der Waals surface area contributed by atoms with E-state index >= 15 is 0 Å². The number of aromatic amines is 1. The van der Waals surface area contributed by atoms with E-state index in [0.717, 1.165) is 12.8 Å². The molecule has 0 saturated heterocycles. The fourth-order valence-corrected chi connectivity index (χ4v) is 4.25. The number of H-pyrrole nitrogens is 1. The minimum atomic E-state index is -0.382. The lowest BCUT2D eigenvalue weighted by atomic mass is 10.0. The number of rotatable bonds is 20. The molecule has 0 aliphatic rings. The van der Waals surface area contributed by atoms with Crippen molar-refractivity contribution in [2.45, 2.75) is 110 Å². The number of nitrogen functional groups attached to an aromatic ring is 1. The van der Waals surface area contributed by atoms with Crippen LogP contribution in [-0.4, -0.2) is 43.8 Å². The summed E-state index contributed by atoms with van der Waals surface area (Å²) < 4.78 is 7.10. The molecule has 0 aromatic carbocycles. The van der Waals surface area contributed by atoms with Gasteiger partial charge >= 0.3 is 5.97 Å². The van der Waals surface area contributed by atoms with Crippen LogP contribution in [0.25, 0.3) is 11.2 Å². The van der Waals surface area contributed by atoms with Crippen LogP contribution in [-0.2, 0) is 16.1 Å². The van der Waals surface area contributed by atoms with E-state index < -0.39 is 0 Å². The van der Waals surface area contributed by atoms with Gasteiger partial charge in [-0.15, -0.1) is 0 Å². The van der Waals surface area contributed by atoms with Gasteiger partial charge in [0, 0.05) is 25.5 Å². The van der Waals surface area contributed by atoms with E-state index in [4.69, 9.17) is 10.5 Å². The van der Waals surface area contributed by atoms with Crippen LogP contribution < -0.4 is 11.3 Å². The van der Waals surface area contributed by atoms with E-state index in [-0.39, 0.29) is 42.1 Å². The Morgan fingerprint density at radius 2 is 1.66 bits per heavy atom. The summed E-state index contributed by atoms with van der Waals surface area (Å²) in [4.78, 5) is 34.6. The maximum absolute atomic E-state index is 12.1. The number of nitrogens with zero attached hydrogens (tertiary/aromatic N) is 3. The molecule has 1 unspecified atom stereocenters. The summed E-state index contributed by atoms with van der Waals surface area (Å²) in [6.07, 6.45) is 19.0. The number of imidazole rings is 1. The van der Waals surface area contributed by atoms with Gasteiger partial charge in [-0.25, -0.2) is 4.98 Å². The number of esters is 1. The van der Waals surface area contributed by atoms with Crippen LogP contribution in [0.5, 0.6) is 0 Å². The van der Waals surface area contributed by atoms with Crippen molar-refractivity contribution in [3.05, 3.63) is 16.7 Å². The normalized spacial score (nSPS) is 12.3. The number of unbranched alkanes of at least 4 members (excludes halogenated alkanes) is 12. The second kappa shape index (κ2) is 17.1. The molecule has 1 atom stereocenters. The molecule has 0 saturated carbocycles. The van der Waals surface area contributed by atoms with Gasteiger partial charge < -0.3 is 20.1 Å². The zero-order chi connectivity index (χ0) is 25.3. The fourth-order valence-electron chi connectivity index (χ4n) is 4.25. The van der Waals surface area contributed by atoms with Crippen LogP contribution >= 0.6 is 0 Å². The molecule has 2 heterocycles. The zero-order valence-corrected chi connectivity index (χ0v) is 21.5. The first-order valence-corrected chi connectivity index (χ1v) is 13.5. The van der Waals surface area contributed by atoms with E-state index in [1.54, 1.807) is 4.57 Å². The summed E-state index contributed by atoms with van der Waals surface area (Å²) in [5, 5.41) is 9.66. The molecule has 35 heavy (non-hydrogen) atoms. The van der Waals surface area contributed by atoms with Crippen LogP contribution in [0.15, 0.2) is 11.1 Å². The average Bonchev–Trinajstić information content (AvgIpc) is 3.25. The molecule has 0 aliphatic heterocycles. The first-order valence-electron chi connectivity index (χ1n) is 13.5. The van der Waals surface area contributed by atoms with Gasteiger partial charge in [-0.1, -0.05) is 84.0 Å². The maximum Gasteiger partial charge on any atom is 0.305 e. The summed E-state index contributed by atoms with van der Waals surface area (Å²) >= 11 is 0. The van der Waals surface area contributed by atoms with Crippen LogP contribution in [0.2, 0.25) is 0 Å². The van der Waals surface area contributed by atoms with Gasteiger partial charge in [0.2, 0.25) is 5.95 Å². The summed E-state index contributed by atoms with van der Waals surface area (Å²) in [5.74, 6) is -0.368. The number of hydrogen-bond donors (Lipinski definition) is 3. The molecule has 0 fully saturated rings. The molecule has 4 N–H and O–H groups in total. The van der Waals surface area contributed by atoms with Crippen LogP contribution in [0.3, 0.4) is 0 Å². The molecule has 0 amide bonds. The van der Waals surface area contributed by atoms with Crippen molar-refractivity contribution in [1.29, 1.82) is 0 Å². The minimum Gasteiger partial charge on any atom is -0.465 e. The molecular formula is C26H45N5O4. The number of aliphatic hydroxyl groups is 1. The highest BCUT2D eigenvalue weighted by Gasteiger charge is 2.14. The molecule has 198 valence electrons. The molecule has 2 rings (SSSR count). The first-order chi connectivity index (χ1) is 17.0. The molecule has 9 nitrogen and oxygen atoms in total. The molecule has 0 bridgehead atoms. The lowest BCUT2D eigenvalue weighted by Gasteiger charge is -2.15. The highest BCUT2D eigenvalue weighted by atomic mass is 16.5. The molecule has 0 spiro atoms. The van der Waals surface area contributed by atoms with Crippen molar-refractivity contribution in [1.82, 2.24) is 19.5 Å². The Balaban J connectivity index is 1.51. The lowest BCUT2D eigenvalue weighted by Crippen LogP contribution is -2.19. The number of nitrogens with one attached hydrogen (secondary N) is 1. The molecular weight excluding hydrogens is 446 g/mol. The zero-order valence-electron chi connectivity index (χ0n) is 21.5. The quantitative estimate of drug-likeness (QED) is 0.180. The van der Waals surface area contributed by atoms with E-state index in [0.29, 0.717) is 25.0 Å². The molecule has 2 aromatic heterocycles. The standard InChI is InChI=1S/C26H45N5O4/c1-2-3-4-5-6-7-8-9-10-11-12-13-14-15-22(33)35-19-21(18-32)16-17-31-20-28-23-24(31)29-26(27)30-25(23)34/h20-21,32H,2-19H2,1H3,(H3,27,29,30,34). The van der Waals surface area contributed by atoms with Gasteiger partial charge in [0.05, 0.1) is 12.9 Å². The second-order valence-electron chi connectivity index (χ2n) is 9.57. The minimum absolute atomic E-state index is 0.0325. The highest BCUT2D eigenvalue weighted by Crippen LogP contribution is 2.14. The Hall–Kier alpha value is -2.42. The predicted molar refractivity (Wildman–Crippen MR) is 139 cm³/mol. The first kappa shape index (κ1) is 28.8. The third-order valence-electron chi connectivity index (χ3n) is 6.49. The third kappa shape index (κ3) is 11.2. The van der Waals surface area contributed by atoms with Crippen molar-refractivity contribution in [3.8, 4) is 0 Å². The van der Waals surface area contributed by atoms with Crippen molar-refractivity contribution < 1.29 is 14.6 Å². The van der Waals surface area contributed by atoms with Crippen LogP contribution in [0, 0.1) is 5.92 Å². The Kier molecular flexibility index (Phi) is 14.1. The average molecular weight is 492 g/mol. The van der Waals surface area contributed by atoms with Gasteiger partial charge in [-0.3, -0.25) is 14.6 Å². The number of nitrogens with two attached hydrogens (primary N) is 1. The maximum atomic E-state index is 12.1. The monoisotopic (exact) mass is 491 g/mol. The van der Waals surface area contributed by atoms with Crippen molar-refractivity contribution >= 4 is 23.1 Å². The van der Waals surface area contributed by atoms with Gasteiger partial charge in [0.15, 0.2) is 11.2 Å². The Morgan fingerprint density at radius 1 is 1.06 bits per heavy atom. The number of ether oxygens (including phenoxy) is 1. The van der Waals surface area contributed by atoms with Gasteiger partial charge in [0.1, 0.15) is 0 Å². The molecule has 2 aromatic rings. The summed E-state index contributed by atoms with van der Waals surface area (Å²) in [5.41, 5.74) is 5.87. The highest BCUT2D eigenvalue weighted by molar-refractivity contribution is 5.70. The summed E-state index contributed by atoms with van der Waals surface area (Å²) in [7, 11) is 0. The molecule has 9 heteroatoms. The van der Waals surface area contributed by atoms with E-state index in [1.165, 1.54) is 77.0 Å². The van der Waals surface area contributed by atoms with Crippen molar-refractivity contribution in [2.75, 3.05) is 18.9 Å². The number of aromatic nitrogens is 4. The van der Waals surface area contributed by atoms with Crippen LogP contribution in [0.1, 0.15) is 103 Å². The summed E-state index contributed by atoms with van der Waals surface area (Å²) in [6.45, 7) is 2.82. The summed E-state index contributed by atoms with van der Waals surface area (Å²) in [6, 6.07) is 0. The fraction of sp³-hybridized carbons (Fsp3) is 0.769. The number of aliphatic hydroxyl groups excluding tert-OH is 1. The van der Waals surface area contributed by atoms with Gasteiger partial charge in [-0.2, -0.15) is 4.98 Å². The number of hydrogen-bond acceptors (Lipinski definition) is 7. The van der Waals surface area contributed by atoms with Crippen molar-refractivity contribution in [2.24, 2.45) is 5.92 Å². The Labute approximate surface area is 208 Å². The number of carbonyl (C=O) groups is 1. The SMILES string of the molecule is CCCCCCCCCCCCCCCC(=O)OCC(CO)CCn1cnc2c(=O)[nH]c(N)nc21. The van der Waals surface area contributed by atoms with E-state index in [2.05, 4.69) is 21.9 Å². The van der Waals surface area contributed by atoms with Gasteiger partial charge in [0.25, 0.3) is 5.56 Å². The lowest BCUT2D eigenvalue weighted by molar-refractivity contribution is -0.145. The third-order valence-corrected chi connectivity index (χ3v) is 6.49. The Morgan fingerprint density at radius 3 is 2.26 bits per heavy atom. The van der Waals surface area contributed by atoms with Gasteiger partial charge in [-0.05, 0) is 12.8 Å². The van der Waals surface area contributed by atoms with E-state index in [9.17, 15) is 14.7 Å². The Bertz CT molecular complexity index is 911. The van der Waals surface area contributed by atoms with Crippen molar-refractivity contribution in [3.63, 3.8) is 0 Å². The number of carbonyl (C=O) groups excluding carboxylic acids is 1. The van der Waals surface area contributed by atoms with E-state index in [1.807, 2.05) is 0 Å². The number of aryl methyl sites for hydroxylation is 1. The molecule has 0 aliphatic carbocycles. The smallest absolute Gasteiger partial charge is 0.305 e. The topological polar surface area (TPSA) is 136 Å². The number of anilines is 1.